The van der Waals surface area contributed by atoms with Crippen molar-refractivity contribution in [3.63, 3.8) is 0 Å². The van der Waals surface area contributed by atoms with Crippen molar-refractivity contribution < 1.29 is 17.7 Å². The van der Waals surface area contributed by atoms with Gasteiger partial charge in [0.1, 0.15) is 0 Å². The number of nitrogens with one attached hydrogen (secondary N) is 1. The van der Waals surface area contributed by atoms with Gasteiger partial charge in [0.25, 0.3) is 0 Å². The average Bonchev–Trinajstić information content (AvgIpc) is 3.30. The maximum absolute atomic E-state index is 13.1. The Morgan fingerprint density at radius 2 is 1.63 bits per heavy atom. The number of fused-ring (bicyclic) bond motifs is 1. The molecule has 0 spiro atoms. The van der Waals surface area contributed by atoms with Crippen LogP contribution in [0.5, 0.6) is 0 Å². The number of anilines is 1. The van der Waals surface area contributed by atoms with E-state index in [9.17, 15) is 13.2 Å². The highest BCUT2D eigenvalue weighted by Crippen LogP contribution is 2.23. The number of carbonyl (C=O) groups excluding carboxylic acids is 1. The van der Waals surface area contributed by atoms with Gasteiger partial charge >= 0.3 is 6.03 Å². The van der Waals surface area contributed by atoms with Crippen LogP contribution in [0.1, 0.15) is 13.3 Å². The van der Waals surface area contributed by atoms with E-state index in [1.165, 1.54) is 4.31 Å². The van der Waals surface area contributed by atoms with E-state index >= 15 is 0 Å². The lowest BCUT2D eigenvalue weighted by Crippen LogP contribution is -2.51. The first kappa shape index (κ1) is 24.4. The Hall–Kier alpha value is -3.76. The van der Waals surface area contributed by atoms with Crippen LogP contribution in [-0.4, -0.2) is 60.0 Å². The van der Waals surface area contributed by atoms with Crippen molar-refractivity contribution in [1.29, 1.82) is 0 Å². The zero-order valence-corrected chi connectivity index (χ0v) is 19.3. The number of aromatic nitrogens is 2. The minimum absolute atomic E-state index is 0. The third-order valence-corrected chi connectivity index (χ3v) is 7.70. The summed E-state index contributed by atoms with van der Waals surface area (Å²) in [6.07, 6.45) is 0. The molecule has 0 bridgehead atoms. The van der Waals surface area contributed by atoms with Crippen LogP contribution in [0.15, 0.2) is 76.1 Å². The molecule has 1 saturated heterocycles. The Kier molecular flexibility index (Phi) is 6.86. The quantitative estimate of drug-likeness (QED) is 0.452. The van der Waals surface area contributed by atoms with Crippen LogP contribution in [0.2, 0.25) is 0 Å². The van der Waals surface area contributed by atoms with Crippen LogP contribution in [0.25, 0.3) is 22.2 Å². The lowest BCUT2D eigenvalue weighted by molar-refractivity contribution is 0.184. The highest BCUT2D eigenvalue weighted by atomic mass is 32.2. The SMILES string of the molecule is C.Cc1nc(-c2ccc(NC(=O)N3CCN(S(=O)(=O)c4ccc5ccccc5c4)CC3)cc2)no1. The average molecular weight is 494 g/mol. The zero-order chi connectivity index (χ0) is 23.7. The smallest absolute Gasteiger partial charge is 0.321 e. The summed E-state index contributed by atoms with van der Waals surface area (Å²) in [5.74, 6) is 0.966. The first-order valence-electron chi connectivity index (χ1n) is 10.9. The fourth-order valence-electron chi connectivity index (χ4n) is 3.93. The molecule has 4 aromatic rings. The molecule has 1 aromatic heterocycles. The number of hydrogen-bond donors (Lipinski definition) is 1. The van der Waals surface area contributed by atoms with Gasteiger partial charge in [0, 0.05) is 44.4 Å². The standard InChI is InChI=1S/C24H23N5O4S.CH4/c1-17-25-23(27-33-17)19-6-9-21(10-7-19)26-24(30)28-12-14-29(15-13-28)34(31,32)22-11-8-18-4-2-3-5-20(18)16-22;/h2-11,16H,12-15H2,1H3,(H,26,30);1H4. The van der Waals surface area contributed by atoms with Gasteiger partial charge in [-0.1, -0.05) is 42.9 Å². The summed E-state index contributed by atoms with van der Waals surface area (Å²) in [6.45, 7) is 2.80. The summed E-state index contributed by atoms with van der Waals surface area (Å²) in [5, 5.41) is 8.60. The normalized spacial score (nSPS) is 14.5. The Morgan fingerprint density at radius 1 is 0.943 bits per heavy atom. The molecule has 0 unspecified atom stereocenters. The van der Waals surface area contributed by atoms with Crippen LogP contribution in [0.4, 0.5) is 10.5 Å². The van der Waals surface area contributed by atoms with Crippen LogP contribution in [0.3, 0.4) is 0 Å². The lowest BCUT2D eigenvalue weighted by Gasteiger charge is -2.34. The largest absolute Gasteiger partial charge is 0.339 e. The molecule has 0 radical (unpaired) electrons. The van der Waals surface area contributed by atoms with E-state index in [1.54, 1.807) is 48.2 Å². The van der Waals surface area contributed by atoms with Gasteiger partial charge in [0.15, 0.2) is 0 Å². The summed E-state index contributed by atoms with van der Waals surface area (Å²) in [6, 6.07) is 19.7. The van der Waals surface area contributed by atoms with E-state index in [1.807, 2.05) is 30.3 Å². The van der Waals surface area contributed by atoms with Crippen molar-refractivity contribution in [2.24, 2.45) is 0 Å². The van der Waals surface area contributed by atoms with Crippen LogP contribution < -0.4 is 5.32 Å². The third-order valence-electron chi connectivity index (χ3n) is 5.81. The number of rotatable bonds is 4. The van der Waals surface area contributed by atoms with Crippen LogP contribution >= 0.6 is 0 Å². The van der Waals surface area contributed by atoms with Gasteiger partial charge in [-0.05, 0) is 47.2 Å². The van der Waals surface area contributed by atoms with Crippen LogP contribution in [0, 0.1) is 6.92 Å². The van der Waals surface area contributed by atoms with Gasteiger partial charge in [0.05, 0.1) is 4.90 Å². The summed E-state index contributed by atoms with van der Waals surface area (Å²) in [5.41, 5.74) is 1.41. The molecular formula is C25H27N5O4S. The number of benzene rings is 3. The molecule has 35 heavy (non-hydrogen) atoms. The molecule has 1 aliphatic heterocycles. The molecule has 1 fully saturated rings. The van der Waals surface area contributed by atoms with Gasteiger partial charge in [-0.2, -0.15) is 9.29 Å². The highest BCUT2D eigenvalue weighted by molar-refractivity contribution is 7.89. The fourth-order valence-corrected chi connectivity index (χ4v) is 5.39. The van der Waals surface area contributed by atoms with Gasteiger partial charge < -0.3 is 14.7 Å². The number of hydrogen-bond acceptors (Lipinski definition) is 6. The van der Waals surface area contributed by atoms with Gasteiger partial charge in [-0.3, -0.25) is 0 Å². The van der Waals surface area contributed by atoms with E-state index in [-0.39, 0.29) is 31.4 Å². The molecule has 9 nitrogen and oxygen atoms in total. The molecule has 2 amide bonds. The summed E-state index contributed by atoms with van der Waals surface area (Å²) in [7, 11) is -3.64. The molecule has 2 heterocycles. The molecule has 0 aliphatic carbocycles. The van der Waals surface area contributed by atoms with Crippen molar-refractivity contribution in [2.45, 2.75) is 19.2 Å². The highest BCUT2D eigenvalue weighted by Gasteiger charge is 2.30. The number of amides is 2. The minimum Gasteiger partial charge on any atom is -0.339 e. The van der Waals surface area contributed by atoms with Gasteiger partial charge in [-0.15, -0.1) is 0 Å². The van der Waals surface area contributed by atoms with Crippen molar-refractivity contribution in [1.82, 2.24) is 19.3 Å². The topological polar surface area (TPSA) is 109 Å². The number of aryl methyl sites for hydroxylation is 1. The van der Waals surface area contributed by atoms with Crippen LogP contribution in [-0.2, 0) is 10.0 Å². The molecule has 182 valence electrons. The Morgan fingerprint density at radius 3 is 2.29 bits per heavy atom. The van der Waals surface area contributed by atoms with E-state index in [0.717, 1.165) is 16.3 Å². The second kappa shape index (κ2) is 9.85. The van der Waals surface area contributed by atoms with Crippen molar-refractivity contribution in [2.75, 3.05) is 31.5 Å². The number of piperazine rings is 1. The second-order valence-electron chi connectivity index (χ2n) is 8.04. The first-order valence-corrected chi connectivity index (χ1v) is 12.3. The molecule has 5 rings (SSSR count). The zero-order valence-electron chi connectivity index (χ0n) is 18.5. The summed E-state index contributed by atoms with van der Waals surface area (Å²) in [4.78, 5) is 18.8. The molecule has 10 heteroatoms. The Labute approximate surface area is 204 Å². The lowest BCUT2D eigenvalue weighted by atomic mass is 10.1. The molecular weight excluding hydrogens is 466 g/mol. The van der Waals surface area contributed by atoms with Crippen molar-refractivity contribution >= 4 is 32.5 Å². The van der Waals surface area contributed by atoms with E-state index in [2.05, 4.69) is 15.5 Å². The maximum atomic E-state index is 13.1. The number of nitrogens with zero attached hydrogens (tertiary/aromatic N) is 4. The molecule has 1 aliphatic rings. The minimum atomic E-state index is -3.64. The van der Waals surface area contributed by atoms with E-state index in [0.29, 0.717) is 30.5 Å². The summed E-state index contributed by atoms with van der Waals surface area (Å²) >= 11 is 0. The van der Waals surface area contributed by atoms with Crippen molar-refractivity contribution in [3.05, 3.63) is 72.6 Å². The molecule has 3 aromatic carbocycles. The van der Waals surface area contributed by atoms with Gasteiger partial charge in [0.2, 0.25) is 21.7 Å². The maximum Gasteiger partial charge on any atom is 0.321 e. The molecule has 0 saturated carbocycles. The summed E-state index contributed by atoms with van der Waals surface area (Å²) < 4.78 is 32.7. The number of urea groups is 1. The predicted molar refractivity (Wildman–Crippen MR) is 135 cm³/mol. The molecule has 0 atom stereocenters. The van der Waals surface area contributed by atoms with E-state index < -0.39 is 10.0 Å². The van der Waals surface area contributed by atoms with E-state index in [4.69, 9.17) is 4.52 Å². The number of carbonyl (C=O) groups is 1. The van der Waals surface area contributed by atoms with Crippen molar-refractivity contribution in [3.8, 4) is 11.4 Å². The monoisotopic (exact) mass is 493 g/mol. The Balaban J connectivity index is 0.00000289. The predicted octanol–water partition coefficient (Wildman–Crippen LogP) is 4.37. The fraction of sp³-hybridized carbons (Fsp3) is 0.240. The third kappa shape index (κ3) is 5.03. The van der Waals surface area contributed by atoms with Gasteiger partial charge in [-0.25, -0.2) is 13.2 Å². The molecule has 1 N–H and O–H groups in total. The first-order chi connectivity index (χ1) is 16.4. The number of sulfonamides is 1. The second-order valence-corrected chi connectivity index (χ2v) is 9.98. The Bertz CT molecular complexity index is 1440.